The maximum Gasteiger partial charge on any atom is 0.132 e. The van der Waals surface area contributed by atoms with Gasteiger partial charge in [0.05, 0.1) is 6.61 Å². The zero-order valence-electron chi connectivity index (χ0n) is 9.78. The number of aliphatic hydroxyl groups excluding tert-OH is 1. The average molecular weight is 283 g/mol. The lowest BCUT2D eigenvalue weighted by molar-refractivity contribution is 0.276. The van der Waals surface area contributed by atoms with Crippen molar-refractivity contribution in [3.05, 3.63) is 57.6 Å². The van der Waals surface area contributed by atoms with Crippen LogP contribution in [0.15, 0.2) is 36.4 Å². The van der Waals surface area contributed by atoms with E-state index in [0.29, 0.717) is 21.5 Å². The predicted octanol–water partition coefficient (Wildman–Crippen LogP) is 4.59. The molecule has 1 N–H and O–H groups in total. The molecule has 0 aliphatic rings. The predicted molar refractivity (Wildman–Crippen MR) is 73.6 cm³/mol. The Morgan fingerprint density at radius 2 is 1.72 bits per heavy atom. The molecule has 0 aromatic heterocycles. The van der Waals surface area contributed by atoms with Gasteiger partial charge >= 0.3 is 0 Å². The number of aryl methyl sites for hydroxylation is 1. The summed E-state index contributed by atoms with van der Waals surface area (Å²) < 4.78 is 5.69. The van der Waals surface area contributed by atoms with Crippen molar-refractivity contribution in [1.29, 1.82) is 0 Å². The van der Waals surface area contributed by atoms with E-state index in [9.17, 15) is 5.11 Å². The maximum atomic E-state index is 9.30. The molecule has 0 saturated heterocycles. The molecular weight excluding hydrogens is 271 g/mol. The van der Waals surface area contributed by atoms with Gasteiger partial charge in [-0.25, -0.2) is 0 Å². The highest BCUT2D eigenvalue weighted by Gasteiger charge is 2.06. The summed E-state index contributed by atoms with van der Waals surface area (Å²) in [5.41, 5.74) is 1.79. The zero-order valence-corrected chi connectivity index (χ0v) is 11.3. The summed E-state index contributed by atoms with van der Waals surface area (Å²) in [5, 5.41) is 10.3. The SMILES string of the molecule is Cc1ccc(Oc2cc(Cl)cc(Cl)c2)c(CO)c1. The lowest BCUT2D eigenvalue weighted by Gasteiger charge is -2.11. The number of ether oxygens (including phenoxy) is 1. The van der Waals surface area contributed by atoms with Gasteiger partial charge in [0.25, 0.3) is 0 Å². The van der Waals surface area contributed by atoms with Crippen LogP contribution in [0.25, 0.3) is 0 Å². The number of benzene rings is 2. The summed E-state index contributed by atoms with van der Waals surface area (Å²) in [6, 6.07) is 10.6. The first-order valence-corrected chi connectivity index (χ1v) is 6.18. The number of hydrogen-bond donors (Lipinski definition) is 1. The van der Waals surface area contributed by atoms with Crippen LogP contribution < -0.4 is 4.74 Å². The first-order chi connectivity index (χ1) is 8.58. The summed E-state index contributed by atoms with van der Waals surface area (Å²) in [5.74, 6) is 1.15. The maximum absolute atomic E-state index is 9.30. The lowest BCUT2D eigenvalue weighted by Crippen LogP contribution is -1.92. The molecule has 0 saturated carbocycles. The van der Waals surface area contributed by atoms with Crippen LogP contribution in [0.4, 0.5) is 0 Å². The highest BCUT2D eigenvalue weighted by molar-refractivity contribution is 6.34. The van der Waals surface area contributed by atoms with Crippen LogP contribution in [0.1, 0.15) is 11.1 Å². The molecule has 94 valence electrons. The van der Waals surface area contributed by atoms with E-state index in [2.05, 4.69) is 0 Å². The van der Waals surface area contributed by atoms with Crippen LogP contribution in [-0.4, -0.2) is 5.11 Å². The molecule has 0 aliphatic carbocycles. The Labute approximate surface area is 116 Å². The van der Waals surface area contributed by atoms with Crippen LogP contribution in [0.2, 0.25) is 10.0 Å². The van der Waals surface area contributed by atoms with Crippen molar-refractivity contribution < 1.29 is 9.84 Å². The second-order valence-corrected chi connectivity index (χ2v) is 4.85. The summed E-state index contributed by atoms with van der Waals surface area (Å²) >= 11 is 11.8. The van der Waals surface area contributed by atoms with E-state index in [-0.39, 0.29) is 6.61 Å². The molecule has 0 spiro atoms. The minimum Gasteiger partial charge on any atom is -0.457 e. The quantitative estimate of drug-likeness (QED) is 0.893. The van der Waals surface area contributed by atoms with Gasteiger partial charge in [0.2, 0.25) is 0 Å². The molecule has 0 amide bonds. The van der Waals surface area contributed by atoms with Crippen LogP contribution in [0.5, 0.6) is 11.5 Å². The highest BCUT2D eigenvalue weighted by Crippen LogP contribution is 2.30. The first kappa shape index (κ1) is 13.2. The number of halogens is 2. The molecule has 2 aromatic rings. The van der Waals surface area contributed by atoms with E-state index in [1.165, 1.54) is 0 Å². The highest BCUT2D eigenvalue weighted by atomic mass is 35.5. The molecule has 0 bridgehead atoms. The van der Waals surface area contributed by atoms with Gasteiger partial charge in [0, 0.05) is 15.6 Å². The van der Waals surface area contributed by atoms with Gasteiger partial charge in [-0.1, -0.05) is 40.9 Å². The summed E-state index contributed by atoms with van der Waals surface area (Å²) in [6.07, 6.45) is 0. The molecule has 2 rings (SSSR count). The number of rotatable bonds is 3. The van der Waals surface area contributed by atoms with Gasteiger partial charge < -0.3 is 9.84 Å². The molecule has 18 heavy (non-hydrogen) atoms. The number of aliphatic hydroxyl groups is 1. The third-order valence-electron chi connectivity index (χ3n) is 2.45. The normalized spacial score (nSPS) is 10.4. The Kier molecular flexibility index (Phi) is 4.12. The van der Waals surface area contributed by atoms with Gasteiger partial charge in [0.15, 0.2) is 0 Å². The van der Waals surface area contributed by atoms with E-state index in [0.717, 1.165) is 11.1 Å². The van der Waals surface area contributed by atoms with Crippen molar-refractivity contribution in [2.75, 3.05) is 0 Å². The Balaban J connectivity index is 2.33. The summed E-state index contributed by atoms with van der Waals surface area (Å²) in [6.45, 7) is 1.88. The van der Waals surface area contributed by atoms with Crippen molar-refractivity contribution in [1.82, 2.24) is 0 Å². The van der Waals surface area contributed by atoms with Crippen LogP contribution in [0.3, 0.4) is 0 Å². The molecule has 0 aliphatic heterocycles. The third kappa shape index (κ3) is 3.16. The molecule has 0 heterocycles. The Morgan fingerprint density at radius 1 is 1.06 bits per heavy atom. The Morgan fingerprint density at radius 3 is 2.33 bits per heavy atom. The molecule has 0 radical (unpaired) electrons. The third-order valence-corrected chi connectivity index (χ3v) is 2.89. The van der Waals surface area contributed by atoms with Gasteiger partial charge in [-0.2, -0.15) is 0 Å². The van der Waals surface area contributed by atoms with E-state index in [1.54, 1.807) is 18.2 Å². The van der Waals surface area contributed by atoms with Gasteiger partial charge in [-0.3, -0.25) is 0 Å². The van der Waals surface area contributed by atoms with Crippen molar-refractivity contribution in [3.8, 4) is 11.5 Å². The first-order valence-electron chi connectivity index (χ1n) is 5.43. The van der Waals surface area contributed by atoms with Gasteiger partial charge in [-0.15, -0.1) is 0 Å². The van der Waals surface area contributed by atoms with Crippen molar-refractivity contribution in [2.24, 2.45) is 0 Å². The largest absolute Gasteiger partial charge is 0.457 e. The Bertz CT molecular complexity index is 547. The van der Waals surface area contributed by atoms with Crippen LogP contribution in [-0.2, 0) is 6.61 Å². The van der Waals surface area contributed by atoms with Gasteiger partial charge in [-0.05, 0) is 31.2 Å². The van der Waals surface area contributed by atoms with E-state index in [1.807, 2.05) is 25.1 Å². The fraction of sp³-hybridized carbons (Fsp3) is 0.143. The molecule has 4 heteroatoms. The zero-order chi connectivity index (χ0) is 13.1. The molecular formula is C14H12Cl2O2. The molecule has 0 atom stereocenters. The monoisotopic (exact) mass is 282 g/mol. The number of hydrogen-bond acceptors (Lipinski definition) is 2. The molecule has 2 aromatic carbocycles. The molecule has 0 fully saturated rings. The van der Waals surface area contributed by atoms with E-state index >= 15 is 0 Å². The second kappa shape index (κ2) is 5.61. The van der Waals surface area contributed by atoms with Crippen molar-refractivity contribution >= 4 is 23.2 Å². The summed E-state index contributed by atoms with van der Waals surface area (Å²) in [7, 11) is 0. The summed E-state index contributed by atoms with van der Waals surface area (Å²) in [4.78, 5) is 0. The second-order valence-electron chi connectivity index (χ2n) is 3.98. The van der Waals surface area contributed by atoms with Crippen LogP contribution in [0, 0.1) is 6.92 Å². The fourth-order valence-corrected chi connectivity index (χ4v) is 2.15. The van der Waals surface area contributed by atoms with Crippen LogP contribution >= 0.6 is 23.2 Å². The minimum atomic E-state index is -0.0781. The smallest absolute Gasteiger partial charge is 0.132 e. The standard InChI is InChI=1S/C14H12Cl2O2/c1-9-2-3-14(10(4-9)8-17)18-13-6-11(15)5-12(16)7-13/h2-7,17H,8H2,1H3. The topological polar surface area (TPSA) is 29.5 Å². The Hall–Kier alpha value is -1.22. The lowest BCUT2D eigenvalue weighted by atomic mass is 10.1. The van der Waals surface area contributed by atoms with Gasteiger partial charge in [0.1, 0.15) is 11.5 Å². The fourth-order valence-electron chi connectivity index (χ4n) is 1.65. The van der Waals surface area contributed by atoms with Crippen molar-refractivity contribution in [3.63, 3.8) is 0 Å². The van der Waals surface area contributed by atoms with E-state index in [4.69, 9.17) is 27.9 Å². The van der Waals surface area contributed by atoms with Crippen molar-refractivity contribution in [2.45, 2.75) is 13.5 Å². The molecule has 0 unspecified atom stereocenters. The average Bonchev–Trinajstić information content (AvgIpc) is 2.30. The minimum absolute atomic E-state index is 0.0781. The van der Waals surface area contributed by atoms with E-state index < -0.39 is 0 Å². The molecule has 2 nitrogen and oxygen atoms in total.